The fourth-order valence-corrected chi connectivity index (χ4v) is 2.99. The van der Waals surface area contributed by atoms with Gasteiger partial charge in [0.05, 0.1) is 0 Å². The lowest BCUT2D eigenvalue weighted by atomic mass is 9.94. The summed E-state index contributed by atoms with van der Waals surface area (Å²) in [5.74, 6) is 1.68. The second-order valence-electron chi connectivity index (χ2n) is 5.98. The van der Waals surface area contributed by atoms with E-state index in [2.05, 4.69) is 27.6 Å². The second kappa shape index (κ2) is 11.1. The van der Waals surface area contributed by atoms with Crippen LogP contribution in [0.1, 0.15) is 24.8 Å². The van der Waals surface area contributed by atoms with Gasteiger partial charge in [0.15, 0.2) is 5.96 Å². The molecule has 1 aromatic carbocycles. The number of piperidine rings is 1. The van der Waals surface area contributed by atoms with Crippen LogP contribution < -0.4 is 10.6 Å². The molecule has 0 aliphatic carbocycles. The Morgan fingerprint density at radius 3 is 2.61 bits per heavy atom. The molecule has 1 aromatic rings. The number of hydrogen-bond donors (Lipinski definition) is 2. The van der Waals surface area contributed by atoms with Crippen LogP contribution in [0.2, 0.25) is 5.02 Å². The molecule has 0 bridgehead atoms. The van der Waals surface area contributed by atoms with E-state index in [0.717, 1.165) is 29.0 Å². The molecule has 0 spiro atoms. The largest absolute Gasteiger partial charge is 0.356 e. The quantitative estimate of drug-likeness (QED) is 0.410. The lowest BCUT2D eigenvalue weighted by Gasteiger charge is -2.29. The zero-order chi connectivity index (χ0) is 15.8. The molecule has 1 heterocycles. The first-order chi connectivity index (χ1) is 10.7. The molecule has 0 saturated carbocycles. The maximum absolute atomic E-state index is 6.16. The van der Waals surface area contributed by atoms with Crippen LogP contribution in [0.3, 0.4) is 0 Å². The van der Waals surface area contributed by atoms with Gasteiger partial charge in [0.1, 0.15) is 0 Å². The third-order valence-electron chi connectivity index (χ3n) is 4.31. The maximum Gasteiger partial charge on any atom is 0.191 e. The van der Waals surface area contributed by atoms with E-state index < -0.39 is 0 Å². The number of likely N-dealkylation sites (tertiary alicyclic amines) is 1. The van der Waals surface area contributed by atoms with Gasteiger partial charge in [0.2, 0.25) is 0 Å². The van der Waals surface area contributed by atoms with Crippen LogP contribution in [-0.4, -0.2) is 44.6 Å². The van der Waals surface area contributed by atoms with Crippen molar-refractivity contribution in [1.82, 2.24) is 15.5 Å². The van der Waals surface area contributed by atoms with Gasteiger partial charge in [-0.05, 0) is 56.9 Å². The summed E-state index contributed by atoms with van der Waals surface area (Å²) in [6.45, 7) is 4.11. The minimum Gasteiger partial charge on any atom is -0.356 e. The summed E-state index contributed by atoms with van der Waals surface area (Å²) >= 11 is 6.16. The van der Waals surface area contributed by atoms with Crippen LogP contribution in [0.25, 0.3) is 0 Å². The third kappa shape index (κ3) is 7.27. The fraction of sp³-hybridized carbons (Fsp3) is 0.588. The highest BCUT2D eigenvalue weighted by Crippen LogP contribution is 2.18. The summed E-state index contributed by atoms with van der Waals surface area (Å²) in [5.41, 5.74) is 1.09. The molecule has 0 radical (unpaired) electrons. The minimum atomic E-state index is 0. The summed E-state index contributed by atoms with van der Waals surface area (Å²) in [5, 5.41) is 7.51. The molecule has 0 atom stereocenters. The molecule has 23 heavy (non-hydrogen) atoms. The van der Waals surface area contributed by atoms with Crippen LogP contribution in [0.5, 0.6) is 0 Å². The van der Waals surface area contributed by atoms with Gasteiger partial charge in [0, 0.05) is 25.2 Å². The summed E-state index contributed by atoms with van der Waals surface area (Å²) in [4.78, 5) is 6.68. The Bertz CT molecular complexity index is 487. The Kier molecular flexibility index (Phi) is 9.90. The van der Waals surface area contributed by atoms with Crippen LogP contribution in [-0.2, 0) is 6.54 Å². The van der Waals surface area contributed by atoms with Crippen molar-refractivity contribution in [3.05, 3.63) is 34.9 Å². The second-order valence-corrected chi connectivity index (χ2v) is 6.39. The first kappa shape index (κ1) is 20.5. The topological polar surface area (TPSA) is 39.7 Å². The number of aliphatic imine (C=N–C) groups is 1. The van der Waals surface area contributed by atoms with Crippen molar-refractivity contribution in [3.63, 3.8) is 0 Å². The zero-order valence-electron chi connectivity index (χ0n) is 14.0. The molecule has 0 amide bonds. The predicted molar refractivity (Wildman–Crippen MR) is 110 cm³/mol. The van der Waals surface area contributed by atoms with Crippen molar-refractivity contribution in [2.75, 3.05) is 33.7 Å². The average Bonchev–Trinajstić information content (AvgIpc) is 2.54. The van der Waals surface area contributed by atoms with Gasteiger partial charge >= 0.3 is 0 Å². The number of nitrogens with one attached hydrogen (secondary N) is 2. The van der Waals surface area contributed by atoms with Crippen molar-refractivity contribution in [2.24, 2.45) is 10.9 Å². The summed E-state index contributed by atoms with van der Waals surface area (Å²) < 4.78 is 0. The van der Waals surface area contributed by atoms with Gasteiger partial charge < -0.3 is 15.5 Å². The minimum absolute atomic E-state index is 0. The number of halogens is 2. The Balaban J connectivity index is 0.00000264. The first-order valence-electron chi connectivity index (χ1n) is 8.05. The van der Waals surface area contributed by atoms with Crippen LogP contribution in [0.15, 0.2) is 29.3 Å². The van der Waals surface area contributed by atoms with Gasteiger partial charge in [-0.3, -0.25) is 4.99 Å². The van der Waals surface area contributed by atoms with Gasteiger partial charge in [-0.15, -0.1) is 24.0 Å². The lowest BCUT2D eigenvalue weighted by molar-refractivity contribution is 0.213. The van der Waals surface area contributed by atoms with E-state index in [4.69, 9.17) is 11.6 Å². The summed E-state index contributed by atoms with van der Waals surface area (Å²) in [7, 11) is 4.01. The Morgan fingerprint density at radius 2 is 1.96 bits per heavy atom. The molecule has 0 unspecified atom stereocenters. The molecule has 4 nitrogen and oxygen atoms in total. The van der Waals surface area contributed by atoms with Gasteiger partial charge in [0.25, 0.3) is 0 Å². The monoisotopic (exact) mass is 450 g/mol. The van der Waals surface area contributed by atoms with E-state index in [1.807, 2.05) is 24.3 Å². The van der Waals surface area contributed by atoms with Gasteiger partial charge in [-0.2, -0.15) is 0 Å². The maximum atomic E-state index is 6.16. The highest BCUT2D eigenvalue weighted by molar-refractivity contribution is 14.0. The first-order valence-corrected chi connectivity index (χ1v) is 8.43. The average molecular weight is 451 g/mol. The van der Waals surface area contributed by atoms with Crippen molar-refractivity contribution in [2.45, 2.75) is 25.8 Å². The SMILES string of the molecule is CN=C(NCCC1CCN(C)CC1)NCc1ccccc1Cl.I. The van der Waals surface area contributed by atoms with Crippen molar-refractivity contribution in [3.8, 4) is 0 Å². The molecular weight excluding hydrogens is 423 g/mol. The molecule has 130 valence electrons. The van der Waals surface area contributed by atoms with E-state index in [9.17, 15) is 0 Å². The van der Waals surface area contributed by atoms with E-state index in [0.29, 0.717) is 6.54 Å². The lowest BCUT2D eigenvalue weighted by Crippen LogP contribution is -2.38. The fourth-order valence-electron chi connectivity index (χ4n) is 2.79. The number of rotatable bonds is 5. The Hall–Kier alpha value is -0.530. The summed E-state index contributed by atoms with van der Waals surface area (Å²) in [6.07, 6.45) is 3.83. The van der Waals surface area contributed by atoms with Crippen LogP contribution in [0.4, 0.5) is 0 Å². The molecule has 2 N–H and O–H groups in total. The molecule has 6 heteroatoms. The highest BCUT2D eigenvalue weighted by atomic mass is 127. The van der Waals surface area contributed by atoms with Crippen molar-refractivity contribution in [1.29, 1.82) is 0 Å². The summed E-state index contributed by atoms with van der Waals surface area (Å²) in [6, 6.07) is 7.88. The smallest absolute Gasteiger partial charge is 0.191 e. The molecule has 2 rings (SSSR count). The molecule has 1 aliphatic rings. The Morgan fingerprint density at radius 1 is 1.26 bits per heavy atom. The predicted octanol–water partition coefficient (Wildman–Crippen LogP) is 3.35. The number of hydrogen-bond acceptors (Lipinski definition) is 2. The van der Waals surface area contributed by atoms with Crippen LogP contribution in [0, 0.1) is 5.92 Å². The highest BCUT2D eigenvalue weighted by Gasteiger charge is 2.16. The standard InChI is InChI=1S/C17H27ClN4.HI/c1-19-17(21-13-15-5-3-4-6-16(15)18)20-10-7-14-8-11-22(2)12-9-14;/h3-6,14H,7-13H2,1-2H3,(H2,19,20,21);1H. The van der Waals surface area contributed by atoms with Gasteiger partial charge in [-0.25, -0.2) is 0 Å². The Labute approximate surface area is 162 Å². The molecular formula is C17H28ClIN4. The van der Waals surface area contributed by atoms with Gasteiger partial charge in [-0.1, -0.05) is 29.8 Å². The molecule has 1 fully saturated rings. The van der Waals surface area contributed by atoms with Crippen molar-refractivity contribution >= 4 is 41.5 Å². The van der Waals surface area contributed by atoms with Crippen LogP contribution >= 0.6 is 35.6 Å². The number of nitrogens with zero attached hydrogens (tertiary/aromatic N) is 2. The number of benzene rings is 1. The number of guanidine groups is 1. The van der Waals surface area contributed by atoms with E-state index >= 15 is 0 Å². The zero-order valence-corrected chi connectivity index (χ0v) is 17.1. The van der Waals surface area contributed by atoms with Crippen molar-refractivity contribution < 1.29 is 0 Å². The van der Waals surface area contributed by atoms with E-state index in [1.165, 1.54) is 32.4 Å². The van der Waals surface area contributed by atoms with E-state index in [1.54, 1.807) is 7.05 Å². The molecule has 1 saturated heterocycles. The normalized spacial score (nSPS) is 16.7. The molecule has 0 aromatic heterocycles. The third-order valence-corrected chi connectivity index (χ3v) is 4.68. The van der Waals surface area contributed by atoms with E-state index in [-0.39, 0.29) is 24.0 Å². The molecule has 1 aliphatic heterocycles.